The molecule has 0 fully saturated rings. The first-order valence-electron chi connectivity index (χ1n) is 5.90. The largest absolute Gasteiger partial charge is 0.399 e. The van der Waals surface area contributed by atoms with Gasteiger partial charge in [-0.2, -0.15) is 0 Å². The Morgan fingerprint density at radius 2 is 2.11 bits per heavy atom. The van der Waals surface area contributed by atoms with Gasteiger partial charge in [-0.1, -0.05) is 13.0 Å². The van der Waals surface area contributed by atoms with Crippen molar-refractivity contribution in [1.82, 2.24) is 4.72 Å². The van der Waals surface area contributed by atoms with Crippen LogP contribution < -0.4 is 10.5 Å². The number of sulfonamides is 1. The van der Waals surface area contributed by atoms with Crippen LogP contribution >= 0.6 is 0 Å². The Morgan fingerprint density at radius 3 is 2.67 bits per heavy atom. The highest BCUT2D eigenvalue weighted by molar-refractivity contribution is 7.89. The Labute approximate surface area is 108 Å². The molecule has 0 saturated carbocycles. The van der Waals surface area contributed by atoms with Crippen molar-refractivity contribution in [3.63, 3.8) is 0 Å². The first-order valence-corrected chi connectivity index (χ1v) is 7.38. The molecule has 0 saturated heterocycles. The minimum Gasteiger partial charge on any atom is -0.399 e. The highest BCUT2D eigenvalue weighted by Gasteiger charge is 2.20. The summed E-state index contributed by atoms with van der Waals surface area (Å²) in [5.74, 6) is 0. The number of aliphatic hydroxyl groups is 1. The van der Waals surface area contributed by atoms with Crippen molar-refractivity contribution in [2.24, 2.45) is 0 Å². The lowest BCUT2D eigenvalue weighted by atomic mass is 10.2. The van der Waals surface area contributed by atoms with E-state index in [1.807, 2.05) is 6.92 Å². The van der Waals surface area contributed by atoms with Gasteiger partial charge in [-0.25, -0.2) is 13.1 Å². The van der Waals surface area contributed by atoms with E-state index in [0.717, 1.165) is 0 Å². The second-order valence-corrected chi connectivity index (χ2v) is 5.95. The lowest BCUT2D eigenvalue weighted by Gasteiger charge is -2.17. The first-order chi connectivity index (χ1) is 8.40. The molecule has 0 bridgehead atoms. The van der Waals surface area contributed by atoms with E-state index < -0.39 is 10.0 Å². The number of aryl methyl sites for hydroxylation is 1. The molecule has 18 heavy (non-hydrogen) atoms. The maximum atomic E-state index is 12.2. The molecule has 0 amide bonds. The third kappa shape index (κ3) is 3.69. The molecule has 0 aliphatic carbocycles. The summed E-state index contributed by atoms with van der Waals surface area (Å²) in [6.45, 7) is 3.55. The number of aliphatic hydroxyl groups excluding tert-OH is 1. The number of nitrogen functional groups attached to an aromatic ring is 1. The topological polar surface area (TPSA) is 92.4 Å². The van der Waals surface area contributed by atoms with Gasteiger partial charge in [0.05, 0.1) is 4.90 Å². The highest BCUT2D eigenvalue weighted by atomic mass is 32.2. The molecule has 1 aromatic carbocycles. The van der Waals surface area contributed by atoms with Crippen LogP contribution in [0, 0.1) is 6.92 Å². The van der Waals surface area contributed by atoms with Gasteiger partial charge in [-0.15, -0.1) is 0 Å². The standard InChI is InChI=1S/C12H20N2O3S/c1-3-11(6-7-15)14-18(16,17)12-8-10(13)5-4-9(12)2/h4-5,8,11,14-15H,3,6-7,13H2,1-2H3. The fourth-order valence-corrected chi connectivity index (χ4v) is 3.32. The van der Waals surface area contributed by atoms with Crippen molar-refractivity contribution in [3.05, 3.63) is 23.8 Å². The summed E-state index contributed by atoms with van der Waals surface area (Å²) in [7, 11) is -3.59. The van der Waals surface area contributed by atoms with Gasteiger partial charge in [-0.05, 0) is 37.5 Å². The minimum atomic E-state index is -3.59. The Bertz CT molecular complexity index is 500. The zero-order valence-electron chi connectivity index (χ0n) is 10.7. The molecular formula is C12H20N2O3S. The molecule has 0 spiro atoms. The fraction of sp³-hybridized carbons (Fsp3) is 0.500. The van der Waals surface area contributed by atoms with E-state index in [0.29, 0.717) is 24.1 Å². The molecule has 4 N–H and O–H groups in total. The Morgan fingerprint density at radius 1 is 1.44 bits per heavy atom. The predicted octanol–water partition coefficient (Wildman–Crippen LogP) is 1.02. The lowest BCUT2D eigenvalue weighted by molar-refractivity contribution is 0.270. The summed E-state index contributed by atoms with van der Waals surface area (Å²) in [5.41, 5.74) is 6.68. The molecule has 0 aliphatic rings. The zero-order valence-corrected chi connectivity index (χ0v) is 11.5. The van der Waals surface area contributed by atoms with Gasteiger partial charge in [-0.3, -0.25) is 0 Å². The number of hydrogen-bond acceptors (Lipinski definition) is 4. The summed E-state index contributed by atoms with van der Waals surface area (Å²) < 4.78 is 27.0. The zero-order chi connectivity index (χ0) is 13.8. The number of nitrogens with one attached hydrogen (secondary N) is 1. The van der Waals surface area contributed by atoms with Gasteiger partial charge in [0.2, 0.25) is 10.0 Å². The van der Waals surface area contributed by atoms with E-state index in [1.54, 1.807) is 19.1 Å². The minimum absolute atomic E-state index is 0.0447. The second kappa shape index (κ2) is 6.17. The van der Waals surface area contributed by atoms with E-state index in [-0.39, 0.29) is 17.5 Å². The van der Waals surface area contributed by atoms with Crippen LogP contribution in [0.15, 0.2) is 23.1 Å². The number of hydrogen-bond donors (Lipinski definition) is 3. The van der Waals surface area contributed by atoms with Crippen LogP contribution in [0.2, 0.25) is 0 Å². The third-order valence-electron chi connectivity index (χ3n) is 2.79. The summed E-state index contributed by atoms with van der Waals surface area (Å²) in [5, 5.41) is 8.88. The summed E-state index contributed by atoms with van der Waals surface area (Å²) in [6, 6.07) is 4.53. The highest BCUT2D eigenvalue weighted by Crippen LogP contribution is 2.19. The van der Waals surface area contributed by atoms with Gasteiger partial charge >= 0.3 is 0 Å². The van der Waals surface area contributed by atoms with Crippen molar-refractivity contribution in [1.29, 1.82) is 0 Å². The molecule has 0 aromatic heterocycles. The Balaban J connectivity index is 3.02. The van der Waals surface area contributed by atoms with Crippen molar-refractivity contribution < 1.29 is 13.5 Å². The van der Waals surface area contributed by atoms with Gasteiger partial charge in [0.15, 0.2) is 0 Å². The third-order valence-corrected chi connectivity index (χ3v) is 4.46. The van der Waals surface area contributed by atoms with E-state index in [9.17, 15) is 8.42 Å². The molecule has 102 valence electrons. The molecular weight excluding hydrogens is 252 g/mol. The van der Waals surface area contributed by atoms with Crippen LogP contribution in [0.1, 0.15) is 25.3 Å². The molecule has 0 aliphatic heterocycles. The molecule has 1 unspecified atom stereocenters. The van der Waals surface area contributed by atoms with Crippen molar-refractivity contribution in [3.8, 4) is 0 Å². The summed E-state index contributed by atoms with van der Waals surface area (Å²) in [4.78, 5) is 0.193. The quantitative estimate of drug-likeness (QED) is 0.674. The number of benzene rings is 1. The van der Waals surface area contributed by atoms with Crippen LogP contribution in [0.5, 0.6) is 0 Å². The molecule has 6 heteroatoms. The average molecular weight is 272 g/mol. The monoisotopic (exact) mass is 272 g/mol. The van der Waals surface area contributed by atoms with Crippen molar-refractivity contribution in [2.75, 3.05) is 12.3 Å². The molecule has 1 atom stereocenters. The van der Waals surface area contributed by atoms with E-state index >= 15 is 0 Å². The smallest absolute Gasteiger partial charge is 0.241 e. The van der Waals surface area contributed by atoms with Crippen LogP contribution in [0.3, 0.4) is 0 Å². The molecule has 0 radical (unpaired) electrons. The van der Waals surface area contributed by atoms with Gasteiger partial charge in [0.1, 0.15) is 0 Å². The van der Waals surface area contributed by atoms with E-state index in [1.165, 1.54) is 6.07 Å². The fourth-order valence-electron chi connectivity index (χ4n) is 1.69. The Hall–Kier alpha value is -1.11. The van der Waals surface area contributed by atoms with Gasteiger partial charge in [0, 0.05) is 18.3 Å². The van der Waals surface area contributed by atoms with Crippen molar-refractivity contribution in [2.45, 2.75) is 37.6 Å². The second-order valence-electron chi connectivity index (χ2n) is 4.26. The van der Waals surface area contributed by atoms with Gasteiger partial charge in [0.25, 0.3) is 0 Å². The van der Waals surface area contributed by atoms with E-state index in [2.05, 4.69) is 4.72 Å². The van der Waals surface area contributed by atoms with E-state index in [4.69, 9.17) is 10.8 Å². The average Bonchev–Trinajstić information content (AvgIpc) is 2.31. The predicted molar refractivity (Wildman–Crippen MR) is 71.7 cm³/mol. The lowest BCUT2D eigenvalue weighted by Crippen LogP contribution is -2.35. The summed E-state index contributed by atoms with van der Waals surface area (Å²) in [6.07, 6.45) is 1.03. The SMILES string of the molecule is CCC(CCO)NS(=O)(=O)c1cc(N)ccc1C. The van der Waals surface area contributed by atoms with Crippen LogP contribution in [-0.4, -0.2) is 26.2 Å². The van der Waals surface area contributed by atoms with Gasteiger partial charge < -0.3 is 10.8 Å². The first kappa shape index (κ1) is 14.9. The molecule has 1 aromatic rings. The number of rotatable bonds is 6. The van der Waals surface area contributed by atoms with Crippen LogP contribution in [-0.2, 0) is 10.0 Å². The maximum Gasteiger partial charge on any atom is 0.241 e. The number of anilines is 1. The Kier molecular flexibility index (Phi) is 5.13. The normalized spacial score (nSPS) is 13.5. The van der Waals surface area contributed by atoms with Crippen LogP contribution in [0.4, 0.5) is 5.69 Å². The number of nitrogens with two attached hydrogens (primary N) is 1. The molecule has 0 heterocycles. The summed E-state index contributed by atoms with van der Waals surface area (Å²) >= 11 is 0. The molecule has 5 nitrogen and oxygen atoms in total. The maximum absolute atomic E-state index is 12.2. The van der Waals surface area contributed by atoms with Crippen LogP contribution in [0.25, 0.3) is 0 Å². The molecule has 1 rings (SSSR count). The van der Waals surface area contributed by atoms with Crippen molar-refractivity contribution >= 4 is 15.7 Å².